The Balaban J connectivity index is -0.0000000238. The van der Waals surface area contributed by atoms with Gasteiger partial charge in [-0.15, -0.1) is 0 Å². The molecule has 0 amide bonds. The first-order valence-electron chi connectivity index (χ1n) is 7.34. The van der Waals surface area contributed by atoms with Crippen molar-refractivity contribution < 1.29 is 53.8 Å². The Hall–Kier alpha value is 1.79. The molecule has 0 aliphatic rings. The van der Waals surface area contributed by atoms with Crippen LogP contribution in [0.3, 0.4) is 0 Å². The summed E-state index contributed by atoms with van der Waals surface area (Å²) in [6.07, 6.45) is 7.67. The normalized spacial score (nSPS) is 7.64. The van der Waals surface area contributed by atoms with E-state index in [-0.39, 0.29) is 76.1 Å². The van der Waals surface area contributed by atoms with Crippen LogP contribution in [0, 0.1) is 38.5 Å². The molecule has 0 fully saturated rings. The molecule has 0 bridgehead atoms. The van der Waals surface area contributed by atoms with E-state index in [0.717, 1.165) is 11.8 Å². The summed E-state index contributed by atoms with van der Waals surface area (Å²) in [5.74, 6) is 2.37. The maximum atomic E-state index is 3.64. The van der Waals surface area contributed by atoms with Crippen molar-refractivity contribution in [1.29, 1.82) is 0 Å². The Labute approximate surface area is 186 Å². The van der Waals surface area contributed by atoms with Crippen LogP contribution >= 0.6 is 0 Å². The Bertz CT molecular complexity index is 99.5. The quantitative estimate of drug-likeness (QED) is 0.234. The van der Waals surface area contributed by atoms with E-state index in [0.29, 0.717) is 5.92 Å². The fourth-order valence-electron chi connectivity index (χ4n) is 1.11. The molecule has 0 rings (SSSR count). The van der Waals surface area contributed by atoms with Crippen LogP contribution < -0.4 is 0 Å². The van der Waals surface area contributed by atoms with Crippen LogP contribution in [-0.4, -0.2) is 0 Å². The largest absolute Gasteiger partial charge is 0.358 e. The van der Waals surface area contributed by atoms with Gasteiger partial charge in [0.15, 0.2) is 0 Å². The molecule has 0 nitrogen and oxygen atoms in total. The van der Waals surface area contributed by atoms with Gasteiger partial charge in [-0.2, -0.15) is 19.8 Å². The average Bonchev–Trinajstić information content (AvgIpc) is 2.12. The number of hydrogen-bond acceptors (Lipinski definition) is 0. The molecule has 0 aromatic carbocycles. The van der Waals surface area contributed by atoms with Gasteiger partial charge in [0.1, 0.15) is 0 Å². The van der Waals surface area contributed by atoms with Gasteiger partial charge in [-0.3, -0.25) is 0 Å². The van der Waals surface area contributed by atoms with Crippen LogP contribution in [0.5, 0.6) is 0 Å². The predicted molar refractivity (Wildman–Crippen MR) is 104 cm³/mol. The molecule has 0 unspecified atom stereocenters. The van der Waals surface area contributed by atoms with Gasteiger partial charge in [0.05, 0.1) is 0 Å². The third-order valence-electron chi connectivity index (χ3n) is 1.81. The molecular formula is C20H49WY-3. The van der Waals surface area contributed by atoms with Crippen molar-refractivity contribution in [3.8, 4) is 0 Å². The van der Waals surface area contributed by atoms with Gasteiger partial charge in [0.2, 0.25) is 0 Å². The number of rotatable bonds is 5. The van der Waals surface area contributed by atoms with Crippen LogP contribution in [0.4, 0.5) is 0 Å². The molecule has 0 atom stereocenters. The van der Waals surface area contributed by atoms with Crippen molar-refractivity contribution in [2.45, 2.75) is 95.9 Å². The van der Waals surface area contributed by atoms with E-state index in [2.05, 4.69) is 48.5 Å². The second-order valence-corrected chi connectivity index (χ2v) is 6.04. The predicted octanol–water partition coefficient (Wildman–Crippen LogP) is 8.28. The topological polar surface area (TPSA) is 0 Å². The van der Waals surface area contributed by atoms with Crippen LogP contribution in [0.15, 0.2) is 0 Å². The van der Waals surface area contributed by atoms with Crippen LogP contribution in [-0.2, 0) is 53.8 Å². The zero-order valence-corrected chi connectivity index (χ0v) is 21.6. The van der Waals surface area contributed by atoms with Gasteiger partial charge in [0, 0.05) is 53.8 Å². The molecule has 22 heavy (non-hydrogen) atoms. The van der Waals surface area contributed by atoms with E-state index in [9.17, 15) is 0 Å². The molecule has 0 aliphatic heterocycles. The summed E-state index contributed by atoms with van der Waals surface area (Å²) in [6.45, 7) is 21.0. The van der Waals surface area contributed by atoms with E-state index in [1.54, 1.807) is 0 Å². The molecule has 0 N–H and O–H groups in total. The summed E-state index contributed by atoms with van der Waals surface area (Å²) >= 11 is 0. The molecule has 0 aromatic heterocycles. The van der Waals surface area contributed by atoms with Gasteiger partial charge >= 0.3 is 0 Å². The van der Waals surface area contributed by atoms with Crippen molar-refractivity contribution in [3.63, 3.8) is 0 Å². The van der Waals surface area contributed by atoms with Crippen molar-refractivity contribution in [1.82, 2.24) is 0 Å². The zero-order valence-electron chi connectivity index (χ0n) is 15.8. The monoisotopic (exact) mass is 562 g/mol. The molecule has 0 saturated carbocycles. The van der Waals surface area contributed by atoms with Crippen LogP contribution in [0.2, 0.25) is 0 Å². The smallest absolute Gasteiger partial charge is 0 e. The Morgan fingerprint density at radius 3 is 1.00 bits per heavy atom. The van der Waals surface area contributed by atoms with Crippen molar-refractivity contribution in [2.75, 3.05) is 0 Å². The molecular weight excluding hydrogens is 513 g/mol. The standard InChI is InChI=1S/C10H22.C4H9.C3H7.2CH4.CH3.W.Y/c1-9(2)7-5-6-8-10(3)4;1-4(2)3;1-3-2;;;;;/h9-10H,5-8H2,1-4H3;4H,1H2,2-3H3;3H,1-2H3;2*1H4;1H3;;/q;2*-1;;;-1;;. The minimum Gasteiger partial charge on any atom is -0.358 e. The number of hydrogen-bond donors (Lipinski definition) is 0. The van der Waals surface area contributed by atoms with E-state index in [4.69, 9.17) is 0 Å². The Morgan fingerprint density at radius 2 is 0.909 bits per heavy atom. The molecule has 0 saturated heterocycles. The van der Waals surface area contributed by atoms with Crippen molar-refractivity contribution >= 4 is 0 Å². The molecule has 0 heterocycles. The summed E-state index contributed by atoms with van der Waals surface area (Å²) in [5.41, 5.74) is 0. The average molecular weight is 562 g/mol. The molecule has 2 heteroatoms. The Kier molecular flexibility index (Phi) is 97.8. The first-order valence-corrected chi connectivity index (χ1v) is 7.34. The van der Waals surface area contributed by atoms with E-state index in [1.807, 2.05) is 20.3 Å². The van der Waals surface area contributed by atoms with Crippen LogP contribution in [0.25, 0.3) is 0 Å². The van der Waals surface area contributed by atoms with Gasteiger partial charge in [-0.1, -0.05) is 82.1 Å². The third-order valence-corrected chi connectivity index (χ3v) is 1.81. The molecule has 0 spiro atoms. The zero-order chi connectivity index (χ0) is 14.3. The van der Waals surface area contributed by atoms with Gasteiger partial charge < -0.3 is 20.8 Å². The second-order valence-electron chi connectivity index (χ2n) is 6.04. The minimum absolute atomic E-state index is 0. The Morgan fingerprint density at radius 1 is 0.773 bits per heavy atom. The SMILES string of the molecule is C.C.CC(C)CCCCC(C)C.C[CH-]C.[CH2-]C(C)C.[CH3-].[W].[Y]. The summed E-state index contributed by atoms with van der Waals surface area (Å²) in [7, 11) is 0. The first-order chi connectivity index (χ1) is 7.77. The molecule has 0 aromatic rings. The van der Waals surface area contributed by atoms with E-state index in [1.165, 1.54) is 25.7 Å². The molecule has 1 radical (unpaired) electrons. The van der Waals surface area contributed by atoms with Gasteiger partial charge in [-0.05, 0) is 11.8 Å². The summed E-state index contributed by atoms with van der Waals surface area (Å²) in [5, 5.41) is 0. The first kappa shape index (κ1) is 49.6. The second kappa shape index (κ2) is 43.4. The molecule has 141 valence electrons. The number of unbranched alkanes of at least 4 members (excludes halogenated alkanes) is 1. The summed E-state index contributed by atoms with van der Waals surface area (Å²) in [4.78, 5) is 0. The van der Waals surface area contributed by atoms with Crippen molar-refractivity contribution in [3.05, 3.63) is 20.8 Å². The maximum Gasteiger partial charge on any atom is 0 e. The van der Waals surface area contributed by atoms with Crippen molar-refractivity contribution in [2.24, 2.45) is 17.8 Å². The van der Waals surface area contributed by atoms with Gasteiger partial charge in [-0.25, -0.2) is 0 Å². The van der Waals surface area contributed by atoms with E-state index < -0.39 is 0 Å². The van der Waals surface area contributed by atoms with E-state index >= 15 is 0 Å². The van der Waals surface area contributed by atoms with Crippen LogP contribution in [0.1, 0.15) is 95.9 Å². The third kappa shape index (κ3) is 122. The molecule has 0 aliphatic carbocycles. The summed E-state index contributed by atoms with van der Waals surface area (Å²) < 4.78 is 0. The summed E-state index contributed by atoms with van der Waals surface area (Å²) in [6, 6.07) is 0. The fraction of sp³-hybridized carbons (Fsp3) is 0.850. The minimum atomic E-state index is 0. The fourth-order valence-corrected chi connectivity index (χ4v) is 1.11. The maximum absolute atomic E-state index is 3.64. The van der Waals surface area contributed by atoms with Gasteiger partial charge in [0.25, 0.3) is 0 Å².